The maximum atomic E-state index is 6.08. The van der Waals surface area contributed by atoms with E-state index >= 15 is 0 Å². The van der Waals surface area contributed by atoms with E-state index in [0.717, 1.165) is 38.0 Å². The van der Waals surface area contributed by atoms with Crippen LogP contribution >= 0.6 is 0 Å². The van der Waals surface area contributed by atoms with E-state index in [1.54, 1.807) is 7.11 Å². The van der Waals surface area contributed by atoms with Crippen molar-refractivity contribution in [2.45, 2.75) is 44.3 Å². The molecule has 2 aromatic rings. The number of fused-ring (bicyclic) bond motifs is 1. The summed E-state index contributed by atoms with van der Waals surface area (Å²) in [5, 5.41) is 2.48. The lowest BCUT2D eigenvalue weighted by molar-refractivity contribution is 0.0378. The van der Waals surface area contributed by atoms with Crippen molar-refractivity contribution in [2.24, 2.45) is 5.73 Å². The minimum absolute atomic E-state index is 0.377. The molecule has 0 amide bonds. The summed E-state index contributed by atoms with van der Waals surface area (Å²) >= 11 is 0. The van der Waals surface area contributed by atoms with Crippen LogP contribution < -0.4 is 10.5 Å². The number of ether oxygens (including phenoxy) is 2. The van der Waals surface area contributed by atoms with Crippen LogP contribution in [-0.2, 0) is 11.2 Å². The second kappa shape index (κ2) is 7.12. The van der Waals surface area contributed by atoms with Crippen molar-refractivity contribution >= 4 is 10.8 Å². The molecule has 1 aliphatic heterocycles. The summed E-state index contributed by atoms with van der Waals surface area (Å²) in [6.45, 7) is 0.723. The first-order valence-corrected chi connectivity index (χ1v) is 8.22. The minimum Gasteiger partial charge on any atom is -0.496 e. The van der Waals surface area contributed by atoms with Crippen LogP contribution in [0.1, 0.15) is 31.2 Å². The minimum atomic E-state index is 0.377. The predicted molar refractivity (Wildman–Crippen MR) is 90.4 cm³/mol. The highest BCUT2D eigenvalue weighted by atomic mass is 16.5. The molecule has 0 radical (unpaired) electrons. The predicted octanol–water partition coefficient (Wildman–Crippen LogP) is 3.68. The maximum Gasteiger partial charge on any atom is 0.126 e. The zero-order valence-corrected chi connectivity index (χ0v) is 13.3. The van der Waals surface area contributed by atoms with Gasteiger partial charge in [-0.25, -0.2) is 0 Å². The number of hydrogen-bond donors (Lipinski definition) is 1. The van der Waals surface area contributed by atoms with Gasteiger partial charge in [0.2, 0.25) is 0 Å². The van der Waals surface area contributed by atoms with Crippen LogP contribution in [0.5, 0.6) is 5.75 Å². The van der Waals surface area contributed by atoms with E-state index in [1.165, 1.54) is 22.8 Å². The van der Waals surface area contributed by atoms with E-state index in [9.17, 15) is 0 Å². The Balaban J connectivity index is 1.70. The van der Waals surface area contributed by atoms with Gasteiger partial charge in [-0.2, -0.15) is 0 Å². The summed E-state index contributed by atoms with van der Waals surface area (Å²) in [5.41, 5.74) is 6.99. The molecule has 3 heteroatoms. The zero-order valence-electron chi connectivity index (χ0n) is 13.3. The third-order valence-corrected chi connectivity index (χ3v) is 4.61. The Morgan fingerprint density at radius 1 is 1.05 bits per heavy atom. The number of hydrogen-bond acceptors (Lipinski definition) is 3. The van der Waals surface area contributed by atoms with Crippen LogP contribution in [0.3, 0.4) is 0 Å². The van der Waals surface area contributed by atoms with Gasteiger partial charge >= 0.3 is 0 Å². The zero-order chi connectivity index (χ0) is 15.4. The van der Waals surface area contributed by atoms with Gasteiger partial charge in [-0.1, -0.05) is 30.3 Å². The molecule has 0 aromatic heterocycles. The van der Waals surface area contributed by atoms with E-state index in [1.807, 2.05) is 6.07 Å². The highest BCUT2D eigenvalue weighted by Crippen LogP contribution is 2.30. The molecular formula is C19H25NO2. The summed E-state index contributed by atoms with van der Waals surface area (Å²) in [7, 11) is 1.73. The number of benzene rings is 2. The number of aryl methyl sites for hydroxylation is 1. The summed E-state index contributed by atoms with van der Waals surface area (Å²) in [6, 6.07) is 12.7. The molecule has 0 bridgehead atoms. The first-order valence-electron chi connectivity index (χ1n) is 8.22. The van der Waals surface area contributed by atoms with E-state index < -0.39 is 0 Å². The molecule has 2 aromatic carbocycles. The highest BCUT2D eigenvalue weighted by molar-refractivity contribution is 5.90. The van der Waals surface area contributed by atoms with Gasteiger partial charge in [0.15, 0.2) is 0 Å². The Labute approximate surface area is 132 Å². The van der Waals surface area contributed by atoms with Crippen LogP contribution in [0.4, 0.5) is 0 Å². The fourth-order valence-corrected chi connectivity index (χ4v) is 3.45. The first-order chi connectivity index (χ1) is 10.8. The molecule has 1 aliphatic rings. The SMILES string of the molecule is COc1cccc2c(CCC3CCC(CCN)O3)cccc12. The molecule has 2 atom stereocenters. The summed E-state index contributed by atoms with van der Waals surface area (Å²) in [4.78, 5) is 0. The number of nitrogens with two attached hydrogens (primary N) is 1. The molecule has 2 unspecified atom stereocenters. The molecule has 22 heavy (non-hydrogen) atoms. The van der Waals surface area contributed by atoms with Crippen LogP contribution in [-0.4, -0.2) is 25.9 Å². The lowest BCUT2D eigenvalue weighted by Gasteiger charge is -2.14. The van der Waals surface area contributed by atoms with E-state index in [0.29, 0.717) is 12.2 Å². The number of methoxy groups -OCH3 is 1. The normalized spacial score (nSPS) is 21.4. The van der Waals surface area contributed by atoms with Crippen molar-refractivity contribution in [1.29, 1.82) is 0 Å². The fraction of sp³-hybridized carbons (Fsp3) is 0.474. The molecule has 2 N–H and O–H groups in total. The second-order valence-corrected chi connectivity index (χ2v) is 6.05. The van der Waals surface area contributed by atoms with Gasteiger partial charge in [0.1, 0.15) is 5.75 Å². The smallest absolute Gasteiger partial charge is 0.126 e. The quantitative estimate of drug-likeness (QED) is 0.885. The number of rotatable bonds is 6. The van der Waals surface area contributed by atoms with Gasteiger partial charge in [-0.05, 0) is 55.7 Å². The fourth-order valence-electron chi connectivity index (χ4n) is 3.45. The van der Waals surface area contributed by atoms with Crippen molar-refractivity contribution < 1.29 is 9.47 Å². The van der Waals surface area contributed by atoms with Gasteiger partial charge in [0.25, 0.3) is 0 Å². The van der Waals surface area contributed by atoms with Crippen molar-refractivity contribution in [1.82, 2.24) is 0 Å². The lowest BCUT2D eigenvalue weighted by Crippen LogP contribution is -2.15. The van der Waals surface area contributed by atoms with Crippen LogP contribution in [0, 0.1) is 0 Å². The summed E-state index contributed by atoms with van der Waals surface area (Å²) in [5.74, 6) is 0.944. The second-order valence-electron chi connectivity index (χ2n) is 6.05. The topological polar surface area (TPSA) is 44.5 Å². The van der Waals surface area contributed by atoms with Crippen molar-refractivity contribution in [3.63, 3.8) is 0 Å². The third kappa shape index (κ3) is 3.26. The molecule has 1 heterocycles. The lowest BCUT2D eigenvalue weighted by atomic mass is 9.98. The summed E-state index contributed by atoms with van der Waals surface area (Å²) in [6.07, 6.45) is 6.20. The Morgan fingerprint density at radius 3 is 2.55 bits per heavy atom. The average molecular weight is 299 g/mol. The van der Waals surface area contributed by atoms with Crippen LogP contribution in [0.15, 0.2) is 36.4 Å². The molecule has 0 saturated carbocycles. The Kier molecular flexibility index (Phi) is 4.96. The van der Waals surface area contributed by atoms with Gasteiger partial charge in [-0.3, -0.25) is 0 Å². The Morgan fingerprint density at radius 2 is 1.77 bits per heavy atom. The Hall–Kier alpha value is -1.58. The van der Waals surface area contributed by atoms with Crippen LogP contribution in [0.2, 0.25) is 0 Å². The first kappa shape index (κ1) is 15.3. The molecule has 0 aliphatic carbocycles. The van der Waals surface area contributed by atoms with Gasteiger partial charge in [0.05, 0.1) is 19.3 Å². The van der Waals surface area contributed by atoms with E-state index in [4.69, 9.17) is 15.2 Å². The molecule has 3 nitrogen and oxygen atoms in total. The molecule has 1 saturated heterocycles. The standard InChI is InChI=1S/C19H25NO2/c1-21-19-7-3-5-17-14(4-2-6-18(17)19)8-9-15-10-11-16(22-15)12-13-20/h2-7,15-16H,8-13,20H2,1H3. The van der Waals surface area contributed by atoms with Gasteiger partial charge < -0.3 is 15.2 Å². The maximum absolute atomic E-state index is 6.08. The van der Waals surface area contributed by atoms with E-state index in [-0.39, 0.29) is 0 Å². The average Bonchev–Trinajstić information content (AvgIpc) is 3.00. The molecule has 1 fully saturated rings. The molecule has 118 valence electrons. The third-order valence-electron chi connectivity index (χ3n) is 4.61. The highest BCUT2D eigenvalue weighted by Gasteiger charge is 2.24. The van der Waals surface area contributed by atoms with E-state index in [2.05, 4.69) is 30.3 Å². The van der Waals surface area contributed by atoms with Crippen LogP contribution in [0.25, 0.3) is 10.8 Å². The molecule has 0 spiro atoms. The summed E-state index contributed by atoms with van der Waals surface area (Å²) < 4.78 is 11.5. The van der Waals surface area contributed by atoms with Crippen molar-refractivity contribution in [3.8, 4) is 5.75 Å². The molecular weight excluding hydrogens is 274 g/mol. The molecule has 3 rings (SSSR count). The van der Waals surface area contributed by atoms with Crippen molar-refractivity contribution in [3.05, 3.63) is 42.0 Å². The van der Waals surface area contributed by atoms with Crippen molar-refractivity contribution in [2.75, 3.05) is 13.7 Å². The van der Waals surface area contributed by atoms with Gasteiger partial charge in [0, 0.05) is 5.39 Å². The van der Waals surface area contributed by atoms with Gasteiger partial charge in [-0.15, -0.1) is 0 Å². The monoisotopic (exact) mass is 299 g/mol. The Bertz CT molecular complexity index is 626. The largest absolute Gasteiger partial charge is 0.496 e.